The van der Waals surface area contributed by atoms with E-state index in [0.29, 0.717) is 18.6 Å². The van der Waals surface area contributed by atoms with Gasteiger partial charge in [0.1, 0.15) is 17.8 Å². The Balaban J connectivity index is 2.10. The Morgan fingerprint density at radius 1 is 1.12 bits per heavy atom. The lowest BCUT2D eigenvalue weighted by Gasteiger charge is -2.33. The summed E-state index contributed by atoms with van der Waals surface area (Å²) in [6.07, 6.45) is 9.07. The van der Waals surface area contributed by atoms with Crippen molar-refractivity contribution in [2.24, 2.45) is 5.92 Å². The molecule has 33 heavy (non-hydrogen) atoms. The highest BCUT2D eigenvalue weighted by atomic mass is 16.5. The summed E-state index contributed by atoms with van der Waals surface area (Å²) in [6, 6.07) is -2.28. The summed E-state index contributed by atoms with van der Waals surface area (Å²) in [5, 5.41) is 8.56. The zero-order chi connectivity index (χ0) is 24.1. The smallest absolute Gasteiger partial charge is 0.328 e. The first-order valence-electron chi connectivity index (χ1n) is 11.1. The first-order chi connectivity index (χ1) is 15.8. The lowest BCUT2D eigenvalue weighted by Crippen LogP contribution is -2.55. The minimum Gasteiger partial charge on any atom is -0.496 e. The molecule has 0 spiro atoms. The predicted octanol–water partition coefficient (Wildman–Crippen LogP) is 0.889. The van der Waals surface area contributed by atoms with Crippen LogP contribution in [0.15, 0.2) is 46.8 Å². The van der Waals surface area contributed by atoms with Crippen LogP contribution in [0.25, 0.3) is 0 Å². The number of hydrogen-bond donors (Lipinski definition) is 3. The molecular weight excluding hydrogens is 426 g/mol. The Hall–Kier alpha value is -2.91. The van der Waals surface area contributed by atoms with Gasteiger partial charge in [0.2, 0.25) is 11.8 Å². The number of esters is 1. The van der Waals surface area contributed by atoms with Crippen LogP contribution in [0.3, 0.4) is 0 Å². The monoisotopic (exact) mass is 459 g/mol. The summed E-state index contributed by atoms with van der Waals surface area (Å²) in [6.45, 7) is 1.59. The van der Waals surface area contributed by atoms with Gasteiger partial charge in [-0.3, -0.25) is 9.59 Å². The van der Waals surface area contributed by atoms with Gasteiger partial charge in [0, 0.05) is 25.0 Å². The fourth-order valence-corrected chi connectivity index (χ4v) is 4.56. The number of rotatable bonds is 4. The molecule has 0 aromatic rings. The van der Waals surface area contributed by atoms with Gasteiger partial charge >= 0.3 is 5.97 Å². The van der Waals surface area contributed by atoms with E-state index in [2.05, 4.69) is 16.0 Å². The van der Waals surface area contributed by atoms with E-state index in [1.54, 1.807) is 28.2 Å². The van der Waals surface area contributed by atoms with Gasteiger partial charge in [-0.1, -0.05) is 18.2 Å². The molecular formula is C24H33N3O6. The van der Waals surface area contributed by atoms with Crippen LogP contribution in [0, 0.1) is 5.92 Å². The molecule has 180 valence electrons. The van der Waals surface area contributed by atoms with Gasteiger partial charge in [0.05, 0.1) is 26.4 Å². The number of likely N-dealkylation sites (N-methyl/N-ethyl adjacent to an activating group) is 1. The van der Waals surface area contributed by atoms with Crippen molar-refractivity contribution in [2.45, 2.75) is 50.4 Å². The van der Waals surface area contributed by atoms with Crippen LogP contribution in [0.5, 0.6) is 0 Å². The lowest BCUT2D eigenvalue weighted by atomic mass is 9.79. The van der Waals surface area contributed by atoms with Crippen molar-refractivity contribution in [2.75, 3.05) is 28.4 Å². The van der Waals surface area contributed by atoms with Crippen molar-refractivity contribution >= 4 is 17.8 Å². The third kappa shape index (κ3) is 5.36. The van der Waals surface area contributed by atoms with Crippen molar-refractivity contribution in [3.05, 3.63) is 46.8 Å². The van der Waals surface area contributed by atoms with Gasteiger partial charge < -0.3 is 30.2 Å². The largest absolute Gasteiger partial charge is 0.496 e. The van der Waals surface area contributed by atoms with Gasteiger partial charge in [0.15, 0.2) is 0 Å². The van der Waals surface area contributed by atoms with Crippen LogP contribution in [-0.4, -0.2) is 70.4 Å². The fraction of sp³-hybridized carbons (Fsp3) is 0.542. The van der Waals surface area contributed by atoms with Crippen LogP contribution < -0.4 is 16.0 Å². The van der Waals surface area contributed by atoms with Gasteiger partial charge in [-0.05, 0) is 44.0 Å². The average molecular weight is 460 g/mol. The van der Waals surface area contributed by atoms with Crippen LogP contribution in [0.4, 0.5) is 0 Å². The maximum Gasteiger partial charge on any atom is 0.328 e. The van der Waals surface area contributed by atoms with E-state index >= 15 is 0 Å². The number of ether oxygens (including phenoxy) is 3. The normalized spacial score (nSPS) is 30.4. The highest BCUT2D eigenvalue weighted by Gasteiger charge is 2.35. The summed E-state index contributed by atoms with van der Waals surface area (Å²) in [5.41, 5.74) is 2.79. The topological polar surface area (TPSA) is 115 Å². The van der Waals surface area contributed by atoms with E-state index in [-0.39, 0.29) is 24.3 Å². The van der Waals surface area contributed by atoms with E-state index in [9.17, 15) is 14.4 Å². The van der Waals surface area contributed by atoms with Gasteiger partial charge in [-0.15, -0.1) is 0 Å². The first-order valence-corrected chi connectivity index (χ1v) is 11.1. The summed E-state index contributed by atoms with van der Waals surface area (Å²) in [7, 11) is 6.27. The van der Waals surface area contributed by atoms with Crippen LogP contribution in [0.1, 0.15) is 26.2 Å². The molecule has 2 aliphatic carbocycles. The summed E-state index contributed by atoms with van der Waals surface area (Å²) in [4.78, 5) is 38.3. The minimum atomic E-state index is -0.886. The molecule has 0 aromatic carbocycles. The highest BCUT2D eigenvalue weighted by molar-refractivity contribution is 5.92. The van der Waals surface area contributed by atoms with E-state index < -0.39 is 30.0 Å². The third-order valence-corrected chi connectivity index (χ3v) is 6.38. The quantitative estimate of drug-likeness (QED) is 0.535. The molecule has 3 aliphatic rings. The Bertz CT molecular complexity index is 919. The maximum atomic E-state index is 13.1. The number of methoxy groups -OCH3 is 3. The predicted molar refractivity (Wildman–Crippen MR) is 122 cm³/mol. The van der Waals surface area contributed by atoms with Gasteiger partial charge in [-0.25, -0.2) is 4.79 Å². The number of nitrogens with one attached hydrogen (secondary N) is 3. The molecule has 0 aromatic heterocycles. The molecule has 1 aliphatic heterocycles. The van der Waals surface area contributed by atoms with Crippen molar-refractivity contribution in [1.82, 2.24) is 16.0 Å². The number of allylic oxidation sites excluding steroid dienone is 2. The minimum absolute atomic E-state index is 0.155. The average Bonchev–Trinajstić information content (AvgIpc) is 2.82. The van der Waals surface area contributed by atoms with E-state index in [4.69, 9.17) is 14.2 Å². The lowest BCUT2D eigenvalue weighted by molar-refractivity contribution is -0.145. The summed E-state index contributed by atoms with van der Waals surface area (Å²) < 4.78 is 16.3. The maximum absolute atomic E-state index is 13.1. The number of amides is 2. The summed E-state index contributed by atoms with van der Waals surface area (Å²) >= 11 is 0. The van der Waals surface area contributed by atoms with Crippen LogP contribution >= 0.6 is 0 Å². The standard InChI is InChI=1S/C24H33N3O6/c1-13-22(28)27-18(24(30)33-5)11-14-6-8-19(31-3)16(10-14)17-12-15(7-9-20(17)32-4)21(25-2)23(29)26-13/h6-7,9-10,13,15,18-19,21,25H,8,11-12H2,1-5H3,(H,26,29)(H,27,28)/t13-,15-,18-,19-,21-/m0/s1. The molecule has 9 nitrogen and oxygen atoms in total. The molecule has 4 bridgehead atoms. The molecule has 3 rings (SSSR count). The SMILES string of the molecule is CN[C@@H]1C(=O)N[C@@H](C)C(=O)N[C@H](C(=O)OC)CC2=CC[C@H](OC)C(=C2)C2=C(OC)C=C[C@H]1C2. The molecule has 1 heterocycles. The first kappa shape index (κ1) is 24.7. The van der Waals surface area contributed by atoms with Gasteiger partial charge in [-0.2, -0.15) is 0 Å². The van der Waals surface area contributed by atoms with Crippen molar-refractivity contribution in [3.63, 3.8) is 0 Å². The van der Waals surface area contributed by atoms with Crippen molar-refractivity contribution < 1.29 is 28.6 Å². The van der Waals surface area contributed by atoms with Crippen LogP contribution in [-0.2, 0) is 28.6 Å². The molecule has 2 amide bonds. The fourth-order valence-electron chi connectivity index (χ4n) is 4.56. The highest BCUT2D eigenvalue weighted by Crippen LogP contribution is 2.37. The van der Waals surface area contributed by atoms with E-state index in [0.717, 1.165) is 16.7 Å². The molecule has 9 heteroatoms. The second-order valence-corrected chi connectivity index (χ2v) is 8.40. The van der Waals surface area contributed by atoms with E-state index in [1.165, 1.54) is 7.11 Å². The zero-order valence-corrected chi connectivity index (χ0v) is 19.8. The number of hydrogen-bond acceptors (Lipinski definition) is 7. The second kappa shape index (κ2) is 10.8. The molecule has 3 N–H and O–H groups in total. The van der Waals surface area contributed by atoms with Crippen LogP contribution in [0.2, 0.25) is 0 Å². The Kier molecular flexibility index (Phi) is 8.10. The third-order valence-electron chi connectivity index (χ3n) is 6.38. The second-order valence-electron chi connectivity index (χ2n) is 8.40. The zero-order valence-electron chi connectivity index (χ0n) is 19.8. The Morgan fingerprint density at radius 3 is 2.52 bits per heavy atom. The molecule has 0 fully saturated rings. The molecule has 0 saturated carbocycles. The molecule has 5 atom stereocenters. The summed E-state index contributed by atoms with van der Waals surface area (Å²) in [5.74, 6) is -0.748. The number of carbonyl (C=O) groups is 3. The van der Waals surface area contributed by atoms with E-state index in [1.807, 2.05) is 24.3 Å². The molecule has 0 saturated heterocycles. The van der Waals surface area contributed by atoms with Crippen molar-refractivity contribution in [1.29, 1.82) is 0 Å². The molecule has 0 unspecified atom stereocenters. The van der Waals surface area contributed by atoms with Crippen molar-refractivity contribution in [3.8, 4) is 0 Å². The Labute approximate surface area is 194 Å². The Morgan fingerprint density at radius 2 is 1.88 bits per heavy atom. The molecule has 0 radical (unpaired) electrons. The van der Waals surface area contributed by atoms with Gasteiger partial charge in [0.25, 0.3) is 0 Å². The number of fused-ring (bicyclic) bond motifs is 4. The number of carbonyl (C=O) groups excluding carboxylic acids is 3.